The Morgan fingerprint density at radius 2 is 1.63 bits per heavy atom. The van der Waals surface area contributed by atoms with E-state index in [2.05, 4.69) is 4.57 Å². The Kier molecular flexibility index (Phi) is 7.26. The van der Waals surface area contributed by atoms with Crippen molar-refractivity contribution in [3.63, 3.8) is 0 Å². The summed E-state index contributed by atoms with van der Waals surface area (Å²) in [5.74, 6) is -0.643. The zero-order valence-electron chi connectivity index (χ0n) is 20.3. The van der Waals surface area contributed by atoms with Crippen LogP contribution in [-0.4, -0.2) is 28.3 Å². The molecule has 0 unspecified atom stereocenters. The maximum atomic E-state index is 13.0. The van der Waals surface area contributed by atoms with Gasteiger partial charge in [-0.25, -0.2) is 9.69 Å². The van der Waals surface area contributed by atoms with Crippen LogP contribution < -0.4 is 4.90 Å². The lowest BCUT2D eigenvalue weighted by Gasteiger charge is -2.12. The Hall–Kier alpha value is -3.58. The number of anilines is 1. The number of aryl methyl sites for hydroxylation is 2. The van der Waals surface area contributed by atoms with E-state index >= 15 is 0 Å². The summed E-state index contributed by atoms with van der Waals surface area (Å²) in [5.41, 5.74) is 5.81. The van der Waals surface area contributed by atoms with Crippen LogP contribution in [0.4, 0.5) is 10.5 Å². The first-order chi connectivity index (χ1) is 16.8. The zero-order chi connectivity index (χ0) is 25.1. The third-order valence-corrected chi connectivity index (χ3v) is 6.80. The fourth-order valence-electron chi connectivity index (χ4n) is 4.00. The van der Waals surface area contributed by atoms with Gasteiger partial charge in [-0.2, -0.15) is 0 Å². The Morgan fingerprint density at radius 1 is 0.971 bits per heavy atom. The molecule has 0 aliphatic carbocycles. The lowest BCUT2D eigenvalue weighted by Crippen LogP contribution is -2.27. The molecule has 7 heteroatoms. The molecule has 1 fully saturated rings. The highest BCUT2D eigenvalue weighted by molar-refractivity contribution is 8.19. The average Bonchev–Trinajstić information content (AvgIpc) is 3.28. The molecule has 2 heterocycles. The number of ether oxygens (including phenoxy) is 1. The number of esters is 1. The van der Waals surface area contributed by atoms with E-state index in [9.17, 15) is 14.4 Å². The van der Waals surface area contributed by atoms with Crippen LogP contribution in [0, 0.1) is 20.8 Å². The highest BCUT2D eigenvalue weighted by atomic mass is 32.2. The number of nitrogens with zero attached hydrogens (tertiary/aromatic N) is 2. The summed E-state index contributed by atoms with van der Waals surface area (Å²) in [6.45, 7) is 8.38. The molecule has 35 heavy (non-hydrogen) atoms. The van der Waals surface area contributed by atoms with Crippen LogP contribution in [-0.2, 0) is 9.53 Å². The Bertz CT molecular complexity index is 1300. The number of aromatic nitrogens is 1. The SMILES string of the molecule is CCCCOC(=O)c1ccc(-n2c(C)cc(/C=C3\SC(=O)N(c4ccc(C)cc4)C3=O)c2C)cc1. The maximum Gasteiger partial charge on any atom is 0.338 e. The second-order valence-corrected chi connectivity index (χ2v) is 9.54. The molecular weight excluding hydrogens is 460 g/mol. The molecule has 1 aromatic heterocycles. The van der Waals surface area contributed by atoms with Crippen LogP contribution in [0.15, 0.2) is 59.5 Å². The molecular formula is C28H28N2O4S. The lowest BCUT2D eigenvalue weighted by molar-refractivity contribution is -0.113. The molecule has 1 saturated heterocycles. The molecule has 3 aromatic rings. The first-order valence-corrected chi connectivity index (χ1v) is 12.4. The number of unbranched alkanes of at least 4 members (excludes halogenated alkanes) is 1. The lowest BCUT2D eigenvalue weighted by atomic mass is 10.2. The number of amides is 2. The summed E-state index contributed by atoms with van der Waals surface area (Å²) in [7, 11) is 0. The van der Waals surface area contributed by atoms with Crippen molar-refractivity contribution in [2.45, 2.75) is 40.5 Å². The summed E-state index contributed by atoms with van der Waals surface area (Å²) < 4.78 is 7.34. The number of hydrogen-bond donors (Lipinski definition) is 0. The highest BCUT2D eigenvalue weighted by Crippen LogP contribution is 2.36. The Labute approximate surface area is 209 Å². The second-order valence-electron chi connectivity index (χ2n) is 8.55. The number of benzene rings is 2. The second kappa shape index (κ2) is 10.4. The normalized spacial score (nSPS) is 14.7. The van der Waals surface area contributed by atoms with E-state index in [0.717, 1.165) is 52.8 Å². The first kappa shape index (κ1) is 24.5. The van der Waals surface area contributed by atoms with Crippen molar-refractivity contribution in [3.8, 4) is 5.69 Å². The minimum atomic E-state index is -0.323. The van der Waals surface area contributed by atoms with Crippen molar-refractivity contribution in [1.82, 2.24) is 4.57 Å². The molecule has 0 radical (unpaired) electrons. The van der Waals surface area contributed by atoms with E-state index in [0.29, 0.717) is 22.8 Å². The van der Waals surface area contributed by atoms with Crippen LogP contribution in [0.5, 0.6) is 0 Å². The minimum Gasteiger partial charge on any atom is -0.462 e. The minimum absolute atomic E-state index is 0.305. The van der Waals surface area contributed by atoms with Gasteiger partial charge in [0.2, 0.25) is 0 Å². The predicted molar refractivity (Wildman–Crippen MR) is 140 cm³/mol. The van der Waals surface area contributed by atoms with Crippen molar-refractivity contribution in [2.24, 2.45) is 0 Å². The molecule has 2 aromatic carbocycles. The van der Waals surface area contributed by atoms with E-state index in [1.54, 1.807) is 30.3 Å². The van der Waals surface area contributed by atoms with Crippen LogP contribution in [0.2, 0.25) is 0 Å². The first-order valence-electron chi connectivity index (χ1n) is 11.6. The summed E-state index contributed by atoms with van der Waals surface area (Å²) in [4.78, 5) is 39.4. The molecule has 0 saturated carbocycles. The maximum absolute atomic E-state index is 13.0. The summed E-state index contributed by atoms with van der Waals surface area (Å²) in [6, 6.07) is 16.6. The monoisotopic (exact) mass is 488 g/mol. The number of hydrogen-bond acceptors (Lipinski definition) is 5. The van der Waals surface area contributed by atoms with E-state index in [1.165, 1.54) is 4.90 Å². The van der Waals surface area contributed by atoms with Crippen LogP contribution in [0.3, 0.4) is 0 Å². The van der Waals surface area contributed by atoms with Crippen LogP contribution >= 0.6 is 11.8 Å². The highest BCUT2D eigenvalue weighted by Gasteiger charge is 2.36. The Balaban J connectivity index is 1.57. The van der Waals surface area contributed by atoms with E-state index in [4.69, 9.17) is 4.74 Å². The third kappa shape index (κ3) is 5.10. The zero-order valence-corrected chi connectivity index (χ0v) is 21.1. The fourth-order valence-corrected chi connectivity index (χ4v) is 4.83. The summed E-state index contributed by atoms with van der Waals surface area (Å²) in [5, 5.41) is -0.305. The van der Waals surface area contributed by atoms with Gasteiger partial charge < -0.3 is 9.30 Å². The number of thioether (sulfide) groups is 1. The molecule has 0 N–H and O–H groups in total. The van der Waals surface area contributed by atoms with Gasteiger partial charge in [0, 0.05) is 17.1 Å². The molecule has 2 amide bonds. The van der Waals surface area contributed by atoms with E-state index in [1.807, 2.05) is 58.0 Å². The molecule has 0 atom stereocenters. The van der Waals surface area contributed by atoms with Crippen LogP contribution in [0.25, 0.3) is 11.8 Å². The number of carbonyl (C=O) groups is 3. The fraction of sp³-hybridized carbons (Fsp3) is 0.250. The standard InChI is InChI=1S/C28H28N2O4S/c1-5-6-15-34-27(32)21-9-13-23(14-10-21)29-19(3)16-22(20(29)4)17-25-26(31)30(28(33)35-25)24-11-7-18(2)8-12-24/h7-14,16-17H,5-6,15H2,1-4H3/b25-17-. The number of imide groups is 1. The van der Waals surface area contributed by atoms with Crippen molar-refractivity contribution < 1.29 is 19.1 Å². The van der Waals surface area contributed by atoms with Crippen molar-refractivity contribution in [2.75, 3.05) is 11.5 Å². The third-order valence-electron chi connectivity index (χ3n) is 5.94. The quantitative estimate of drug-likeness (QED) is 0.213. The van der Waals surface area contributed by atoms with Crippen molar-refractivity contribution in [3.05, 3.63) is 87.6 Å². The van der Waals surface area contributed by atoms with Gasteiger partial charge in [0.1, 0.15) is 0 Å². The molecule has 1 aliphatic heterocycles. The summed E-state index contributed by atoms with van der Waals surface area (Å²) in [6.07, 6.45) is 3.59. The van der Waals surface area contributed by atoms with Gasteiger partial charge >= 0.3 is 5.97 Å². The van der Waals surface area contributed by atoms with Gasteiger partial charge in [-0.3, -0.25) is 9.59 Å². The summed E-state index contributed by atoms with van der Waals surface area (Å²) >= 11 is 0.946. The van der Waals surface area contributed by atoms with Gasteiger partial charge in [0.25, 0.3) is 11.1 Å². The molecule has 0 bridgehead atoms. The molecule has 6 nitrogen and oxygen atoms in total. The van der Waals surface area contributed by atoms with E-state index < -0.39 is 0 Å². The molecule has 1 aliphatic rings. The number of rotatable bonds is 7. The Morgan fingerprint density at radius 3 is 2.29 bits per heavy atom. The van der Waals surface area contributed by atoms with Gasteiger partial charge in [-0.1, -0.05) is 31.0 Å². The van der Waals surface area contributed by atoms with Gasteiger partial charge in [0.05, 0.1) is 22.8 Å². The van der Waals surface area contributed by atoms with Gasteiger partial charge in [-0.15, -0.1) is 0 Å². The smallest absolute Gasteiger partial charge is 0.338 e. The van der Waals surface area contributed by atoms with Crippen molar-refractivity contribution in [1.29, 1.82) is 0 Å². The van der Waals surface area contributed by atoms with Gasteiger partial charge in [0.15, 0.2) is 0 Å². The molecule has 180 valence electrons. The molecule has 0 spiro atoms. The van der Waals surface area contributed by atoms with E-state index in [-0.39, 0.29) is 17.1 Å². The van der Waals surface area contributed by atoms with Crippen molar-refractivity contribution >= 4 is 40.6 Å². The topological polar surface area (TPSA) is 68.6 Å². The number of carbonyl (C=O) groups excluding carboxylic acids is 3. The predicted octanol–water partition coefficient (Wildman–Crippen LogP) is 6.60. The van der Waals surface area contributed by atoms with Crippen LogP contribution in [0.1, 0.15) is 52.6 Å². The van der Waals surface area contributed by atoms with Gasteiger partial charge in [-0.05, 0) is 93.1 Å². The molecule has 4 rings (SSSR count). The largest absolute Gasteiger partial charge is 0.462 e. The average molecular weight is 489 g/mol.